The maximum Gasteiger partial charge on any atom is 0.252 e. The van der Waals surface area contributed by atoms with Gasteiger partial charge in [0.25, 0.3) is 5.71 Å². The van der Waals surface area contributed by atoms with Crippen LogP contribution in [0.15, 0.2) is 102 Å². The molecule has 9 nitrogen and oxygen atoms in total. The van der Waals surface area contributed by atoms with Gasteiger partial charge in [-0.15, -0.1) is 0 Å². The van der Waals surface area contributed by atoms with Crippen LogP contribution in [0.2, 0.25) is 0 Å². The molecule has 0 bridgehead atoms. The van der Waals surface area contributed by atoms with Crippen LogP contribution in [-0.2, 0) is 16.1 Å². The number of carbonyl (C=O) groups is 1. The molecule has 0 fully saturated rings. The van der Waals surface area contributed by atoms with Gasteiger partial charge in [0.1, 0.15) is 12.1 Å². The van der Waals surface area contributed by atoms with Crippen LogP contribution in [0.3, 0.4) is 0 Å². The number of nitrogens with one attached hydrogen (secondary N) is 2. The van der Waals surface area contributed by atoms with Crippen LogP contribution >= 0.6 is 0 Å². The maximum atomic E-state index is 13.6. The Morgan fingerprint density at radius 2 is 1.86 bits per heavy atom. The van der Waals surface area contributed by atoms with Gasteiger partial charge in [-0.25, -0.2) is 14.4 Å². The molecule has 3 aromatic carbocycles. The van der Waals surface area contributed by atoms with E-state index in [4.69, 9.17) is 9.15 Å². The predicted molar refractivity (Wildman–Crippen MR) is 160 cm³/mol. The van der Waals surface area contributed by atoms with Crippen molar-refractivity contribution in [2.45, 2.75) is 12.6 Å². The van der Waals surface area contributed by atoms with Gasteiger partial charge in [0.2, 0.25) is 11.8 Å². The lowest BCUT2D eigenvalue weighted by molar-refractivity contribution is -0.111. The molecule has 2 heterocycles. The number of hydrogen-bond acceptors (Lipinski definition) is 8. The highest BCUT2D eigenvalue weighted by Gasteiger charge is 2.18. The summed E-state index contributed by atoms with van der Waals surface area (Å²) in [5.41, 5.74) is 3.92. The third kappa shape index (κ3) is 7.62. The fourth-order valence-electron chi connectivity index (χ4n) is 4.23. The van der Waals surface area contributed by atoms with E-state index in [0.29, 0.717) is 41.8 Å². The number of amides is 1. The number of carbonyl (C=O) groups excluding carboxylic acids is 1. The van der Waals surface area contributed by atoms with Crippen molar-refractivity contribution in [1.82, 2.24) is 19.9 Å². The van der Waals surface area contributed by atoms with Crippen molar-refractivity contribution in [3.8, 4) is 11.5 Å². The molecule has 42 heavy (non-hydrogen) atoms. The van der Waals surface area contributed by atoms with Crippen molar-refractivity contribution in [2.24, 2.45) is 0 Å². The lowest BCUT2D eigenvalue weighted by atomic mass is 10.1. The normalized spacial score (nSPS) is 12.2. The standard InChI is InChI=1S/C32H31FN6O3/c1-39(2)17-7-12-28(40)36-26-15-13-24(14-16-26)31-38-29-30(34-21-35-32(29)42-31)37-27(23-9-4-3-5-10-23)20-41-19-22-8-6-11-25(33)18-22/h3-16,18,21,27H,17,19-20H2,1-2H3,(H,36,40)(H,34,35,37). The fourth-order valence-corrected chi connectivity index (χ4v) is 4.23. The van der Waals surface area contributed by atoms with E-state index in [2.05, 4.69) is 25.6 Å². The Hall–Kier alpha value is -4.93. The van der Waals surface area contributed by atoms with E-state index in [9.17, 15) is 9.18 Å². The van der Waals surface area contributed by atoms with Gasteiger partial charge in [-0.05, 0) is 61.6 Å². The third-order valence-electron chi connectivity index (χ3n) is 6.29. The van der Waals surface area contributed by atoms with Crippen LogP contribution < -0.4 is 10.6 Å². The number of likely N-dealkylation sites (N-methyl/N-ethyl adjacent to an activating group) is 1. The first-order chi connectivity index (χ1) is 20.4. The maximum absolute atomic E-state index is 13.6. The largest absolute Gasteiger partial charge is 0.417 e. The summed E-state index contributed by atoms with van der Waals surface area (Å²) < 4.78 is 25.5. The molecule has 5 aromatic rings. The van der Waals surface area contributed by atoms with Crippen molar-refractivity contribution in [3.05, 3.63) is 114 Å². The molecule has 0 saturated heterocycles. The number of anilines is 2. The molecule has 0 spiro atoms. The number of rotatable bonds is 12. The average Bonchev–Trinajstić information content (AvgIpc) is 3.43. The van der Waals surface area contributed by atoms with Crippen LogP contribution in [0.1, 0.15) is 17.2 Å². The van der Waals surface area contributed by atoms with Gasteiger partial charge in [0.05, 0.1) is 19.3 Å². The SMILES string of the molecule is CN(C)CC=CC(=O)Nc1ccc(-c2nc3c(NC(COCc4cccc(F)c4)c4ccccc4)ncnc3o2)cc1. The minimum atomic E-state index is -0.300. The van der Waals surface area contributed by atoms with Crippen molar-refractivity contribution in [2.75, 3.05) is 37.9 Å². The second kappa shape index (κ2) is 13.6. The van der Waals surface area contributed by atoms with Crippen LogP contribution in [0.4, 0.5) is 15.9 Å². The summed E-state index contributed by atoms with van der Waals surface area (Å²) in [7, 11) is 3.87. The molecule has 0 aliphatic heterocycles. The highest BCUT2D eigenvalue weighted by Crippen LogP contribution is 2.29. The van der Waals surface area contributed by atoms with Gasteiger partial charge in [0, 0.05) is 23.9 Å². The van der Waals surface area contributed by atoms with Gasteiger partial charge in [-0.3, -0.25) is 4.79 Å². The Bertz CT molecular complexity index is 1650. The van der Waals surface area contributed by atoms with E-state index in [0.717, 1.165) is 16.7 Å². The van der Waals surface area contributed by atoms with Crippen LogP contribution in [0.25, 0.3) is 22.7 Å². The van der Waals surface area contributed by atoms with Gasteiger partial charge >= 0.3 is 0 Å². The second-order valence-corrected chi connectivity index (χ2v) is 9.88. The number of benzene rings is 3. The summed E-state index contributed by atoms with van der Waals surface area (Å²) >= 11 is 0. The summed E-state index contributed by atoms with van der Waals surface area (Å²) in [6.07, 6.45) is 4.72. The first kappa shape index (κ1) is 28.6. The van der Waals surface area contributed by atoms with Gasteiger partial charge in [-0.1, -0.05) is 48.5 Å². The topological polar surface area (TPSA) is 105 Å². The highest BCUT2D eigenvalue weighted by molar-refractivity contribution is 5.99. The fraction of sp³-hybridized carbons (Fsp3) is 0.188. The molecule has 0 radical (unpaired) electrons. The zero-order chi connectivity index (χ0) is 29.3. The van der Waals surface area contributed by atoms with Crippen LogP contribution in [0.5, 0.6) is 0 Å². The van der Waals surface area contributed by atoms with Crippen LogP contribution in [-0.4, -0.2) is 53.0 Å². The quantitative estimate of drug-likeness (QED) is 0.181. The Morgan fingerprint density at radius 1 is 1.05 bits per heavy atom. The Balaban J connectivity index is 1.31. The highest BCUT2D eigenvalue weighted by atomic mass is 19.1. The third-order valence-corrected chi connectivity index (χ3v) is 6.29. The minimum Gasteiger partial charge on any atom is -0.417 e. The van der Waals surface area contributed by atoms with Gasteiger partial charge in [0.15, 0.2) is 11.3 Å². The van der Waals surface area contributed by atoms with E-state index >= 15 is 0 Å². The number of oxazole rings is 1. The second-order valence-electron chi connectivity index (χ2n) is 9.88. The molecule has 1 unspecified atom stereocenters. The summed E-state index contributed by atoms with van der Waals surface area (Å²) in [6.45, 7) is 1.24. The molecule has 0 aliphatic rings. The Labute approximate surface area is 243 Å². The number of fused-ring (bicyclic) bond motifs is 1. The van der Waals surface area contributed by atoms with Crippen molar-refractivity contribution in [1.29, 1.82) is 0 Å². The van der Waals surface area contributed by atoms with Crippen LogP contribution in [0, 0.1) is 5.82 Å². The molecule has 214 valence electrons. The molecule has 0 aliphatic carbocycles. The van der Waals surface area contributed by atoms with E-state index in [1.165, 1.54) is 24.5 Å². The molecular formula is C32H31FN6O3. The number of nitrogens with zero attached hydrogens (tertiary/aromatic N) is 4. The van der Waals surface area contributed by atoms with Crippen molar-refractivity contribution < 1.29 is 18.3 Å². The molecule has 2 aromatic heterocycles. The Morgan fingerprint density at radius 3 is 2.62 bits per heavy atom. The van der Waals surface area contributed by atoms with Crippen molar-refractivity contribution >= 4 is 28.6 Å². The summed E-state index contributed by atoms with van der Waals surface area (Å²) in [4.78, 5) is 27.5. The zero-order valence-corrected chi connectivity index (χ0v) is 23.3. The van der Waals surface area contributed by atoms with Crippen molar-refractivity contribution in [3.63, 3.8) is 0 Å². The molecule has 10 heteroatoms. The van der Waals surface area contributed by atoms with E-state index in [1.807, 2.05) is 67.5 Å². The van der Waals surface area contributed by atoms with Gasteiger partial charge in [-0.2, -0.15) is 4.98 Å². The lowest BCUT2D eigenvalue weighted by Crippen LogP contribution is -2.18. The number of halogens is 1. The predicted octanol–water partition coefficient (Wildman–Crippen LogP) is 5.85. The Kier molecular flexibility index (Phi) is 9.27. The average molecular weight is 567 g/mol. The van der Waals surface area contributed by atoms with E-state index in [-0.39, 0.29) is 24.4 Å². The molecule has 2 N–H and O–H groups in total. The molecule has 0 saturated carbocycles. The first-order valence-electron chi connectivity index (χ1n) is 13.4. The minimum absolute atomic E-state index is 0.203. The monoisotopic (exact) mass is 566 g/mol. The first-order valence-corrected chi connectivity index (χ1v) is 13.4. The molecule has 1 atom stereocenters. The van der Waals surface area contributed by atoms with E-state index < -0.39 is 0 Å². The zero-order valence-electron chi connectivity index (χ0n) is 23.3. The number of ether oxygens (including phenoxy) is 1. The number of hydrogen-bond donors (Lipinski definition) is 2. The van der Waals surface area contributed by atoms with E-state index in [1.54, 1.807) is 24.3 Å². The molecule has 1 amide bonds. The molecular weight excluding hydrogens is 535 g/mol. The smallest absolute Gasteiger partial charge is 0.252 e. The summed E-state index contributed by atoms with van der Waals surface area (Å²) in [6, 6.07) is 23.1. The molecule has 5 rings (SSSR count). The van der Waals surface area contributed by atoms with Gasteiger partial charge < -0.3 is 24.7 Å². The summed E-state index contributed by atoms with van der Waals surface area (Å²) in [5.74, 6) is 0.360. The number of aromatic nitrogens is 3. The lowest BCUT2D eigenvalue weighted by Gasteiger charge is -2.20. The summed E-state index contributed by atoms with van der Waals surface area (Å²) in [5, 5.41) is 6.26.